The molecule has 0 unspecified atom stereocenters. The SMILES string of the molecule is CCCN(Cc1csc(CNC(C)C)n1)C(C)C. The standard InChI is InChI=1S/C14H27N3S/c1-6-7-17(12(4)5)9-13-10-18-14(16-13)8-15-11(2)3/h10-12,15H,6-9H2,1-5H3. The number of aromatic nitrogens is 1. The first-order valence-electron chi connectivity index (χ1n) is 6.93. The van der Waals surface area contributed by atoms with Gasteiger partial charge >= 0.3 is 0 Å². The van der Waals surface area contributed by atoms with Crippen molar-refractivity contribution in [1.82, 2.24) is 15.2 Å². The Bertz CT molecular complexity index is 334. The third-order valence-corrected chi connectivity index (χ3v) is 3.76. The molecule has 0 aliphatic heterocycles. The molecule has 3 nitrogen and oxygen atoms in total. The van der Waals surface area contributed by atoms with E-state index in [1.54, 1.807) is 11.3 Å². The zero-order chi connectivity index (χ0) is 13.5. The topological polar surface area (TPSA) is 28.2 Å². The van der Waals surface area contributed by atoms with Crippen molar-refractivity contribution in [1.29, 1.82) is 0 Å². The van der Waals surface area contributed by atoms with Crippen LogP contribution in [-0.2, 0) is 13.1 Å². The lowest BCUT2D eigenvalue weighted by atomic mass is 10.2. The first-order chi connectivity index (χ1) is 8.52. The second-order valence-electron chi connectivity index (χ2n) is 5.33. The first kappa shape index (κ1) is 15.6. The van der Waals surface area contributed by atoms with Crippen LogP contribution in [0.3, 0.4) is 0 Å². The Morgan fingerprint density at radius 3 is 2.61 bits per heavy atom. The van der Waals surface area contributed by atoms with Gasteiger partial charge in [0.05, 0.1) is 5.69 Å². The predicted molar refractivity (Wildman–Crippen MR) is 79.9 cm³/mol. The van der Waals surface area contributed by atoms with E-state index in [2.05, 4.69) is 50.2 Å². The number of thiazole rings is 1. The number of nitrogens with one attached hydrogen (secondary N) is 1. The lowest BCUT2D eigenvalue weighted by Gasteiger charge is -2.24. The van der Waals surface area contributed by atoms with Crippen molar-refractivity contribution in [2.75, 3.05) is 6.54 Å². The second kappa shape index (κ2) is 7.87. The molecule has 0 aliphatic carbocycles. The van der Waals surface area contributed by atoms with E-state index < -0.39 is 0 Å². The minimum atomic E-state index is 0.518. The molecule has 0 atom stereocenters. The summed E-state index contributed by atoms with van der Waals surface area (Å²) < 4.78 is 0. The van der Waals surface area contributed by atoms with E-state index in [0.717, 1.165) is 19.6 Å². The van der Waals surface area contributed by atoms with Crippen molar-refractivity contribution in [2.24, 2.45) is 0 Å². The molecule has 0 saturated carbocycles. The molecule has 18 heavy (non-hydrogen) atoms. The van der Waals surface area contributed by atoms with Crippen molar-refractivity contribution in [2.45, 2.75) is 66.2 Å². The lowest BCUT2D eigenvalue weighted by Crippen LogP contribution is -2.31. The molecule has 0 radical (unpaired) electrons. The van der Waals surface area contributed by atoms with E-state index in [1.807, 2.05) is 0 Å². The molecule has 0 aromatic carbocycles. The average molecular weight is 269 g/mol. The highest BCUT2D eigenvalue weighted by molar-refractivity contribution is 7.09. The van der Waals surface area contributed by atoms with Gasteiger partial charge in [-0.15, -0.1) is 11.3 Å². The van der Waals surface area contributed by atoms with Gasteiger partial charge in [-0.1, -0.05) is 20.8 Å². The molecular weight excluding hydrogens is 242 g/mol. The number of hydrogen-bond acceptors (Lipinski definition) is 4. The molecule has 1 aromatic heterocycles. The van der Waals surface area contributed by atoms with E-state index in [-0.39, 0.29) is 0 Å². The van der Waals surface area contributed by atoms with E-state index in [0.29, 0.717) is 12.1 Å². The summed E-state index contributed by atoms with van der Waals surface area (Å²) in [4.78, 5) is 7.18. The fourth-order valence-electron chi connectivity index (χ4n) is 1.81. The predicted octanol–water partition coefficient (Wildman–Crippen LogP) is 3.26. The Hall–Kier alpha value is -0.450. The highest BCUT2D eigenvalue weighted by Gasteiger charge is 2.11. The maximum Gasteiger partial charge on any atom is 0.107 e. The summed E-state index contributed by atoms with van der Waals surface area (Å²) in [6.07, 6.45) is 1.20. The zero-order valence-electron chi connectivity index (χ0n) is 12.4. The summed E-state index contributed by atoms with van der Waals surface area (Å²) in [6, 6.07) is 1.11. The summed E-state index contributed by atoms with van der Waals surface area (Å²) in [5, 5.41) is 6.80. The highest BCUT2D eigenvalue weighted by Crippen LogP contribution is 2.13. The minimum Gasteiger partial charge on any atom is -0.308 e. The van der Waals surface area contributed by atoms with Crippen LogP contribution in [0.25, 0.3) is 0 Å². The largest absolute Gasteiger partial charge is 0.308 e. The molecule has 0 spiro atoms. The summed E-state index contributed by atoms with van der Waals surface area (Å²) in [5.41, 5.74) is 1.21. The van der Waals surface area contributed by atoms with Gasteiger partial charge in [-0.25, -0.2) is 4.98 Å². The molecule has 0 fully saturated rings. The average Bonchev–Trinajstić information content (AvgIpc) is 2.73. The lowest BCUT2D eigenvalue weighted by molar-refractivity contribution is 0.211. The van der Waals surface area contributed by atoms with Gasteiger partial charge in [-0.3, -0.25) is 4.90 Å². The molecule has 1 rings (SSSR count). The second-order valence-corrected chi connectivity index (χ2v) is 6.28. The van der Waals surface area contributed by atoms with Gasteiger partial charge in [0, 0.05) is 30.6 Å². The van der Waals surface area contributed by atoms with Crippen LogP contribution < -0.4 is 5.32 Å². The number of rotatable bonds is 8. The van der Waals surface area contributed by atoms with Gasteiger partial charge in [0.25, 0.3) is 0 Å². The normalized spacial score (nSPS) is 12.0. The summed E-state index contributed by atoms with van der Waals surface area (Å²) in [6.45, 7) is 14.1. The Balaban J connectivity index is 2.51. The van der Waals surface area contributed by atoms with Crippen molar-refractivity contribution in [3.05, 3.63) is 16.1 Å². The number of hydrogen-bond donors (Lipinski definition) is 1. The quantitative estimate of drug-likeness (QED) is 0.785. The smallest absolute Gasteiger partial charge is 0.107 e. The molecule has 1 N–H and O–H groups in total. The Labute approximate surface area is 116 Å². The van der Waals surface area contributed by atoms with Crippen molar-refractivity contribution >= 4 is 11.3 Å². The van der Waals surface area contributed by atoms with Gasteiger partial charge in [-0.05, 0) is 26.8 Å². The van der Waals surface area contributed by atoms with Gasteiger partial charge < -0.3 is 5.32 Å². The molecule has 1 heterocycles. The first-order valence-corrected chi connectivity index (χ1v) is 7.81. The molecule has 0 bridgehead atoms. The van der Waals surface area contributed by atoms with Crippen LogP contribution in [0.1, 0.15) is 51.7 Å². The maximum atomic E-state index is 4.70. The monoisotopic (exact) mass is 269 g/mol. The highest BCUT2D eigenvalue weighted by atomic mass is 32.1. The number of nitrogens with zero attached hydrogens (tertiary/aromatic N) is 2. The van der Waals surface area contributed by atoms with E-state index >= 15 is 0 Å². The van der Waals surface area contributed by atoms with Crippen molar-refractivity contribution in [3.63, 3.8) is 0 Å². The summed E-state index contributed by atoms with van der Waals surface area (Å²) >= 11 is 1.76. The third kappa shape index (κ3) is 5.46. The van der Waals surface area contributed by atoms with Crippen LogP contribution in [0.2, 0.25) is 0 Å². The fraction of sp³-hybridized carbons (Fsp3) is 0.786. The van der Waals surface area contributed by atoms with Crippen LogP contribution in [0.5, 0.6) is 0 Å². The molecule has 0 saturated heterocycles. The fourth-order valence-corrected chi connectivity index (χ4v) is 2.55. The summed E-state index contributed by atoms with van der Waals surface area (Å²) in [7, 11) is 0. The van der Waals surface area contributed by atoms with Crippen LogP contribution >= 0.6 is 11.3 Å². The molecule has 0 amide bonds. The Morgan fingerprint density at radius 2 is 2.06 bits per heavy atom. The van der Waals surface area contributed by atoms with Crippen molar-refractivity contribution in [3.8, 4) is 0 Å². The molecule has 1 aromatic rings. The van der Waals surface area contributed by atoms with Crippen molar-refractivity contribution < 1.29 is 0 Å². The Morgan fingerprint density at radius 1 is 1.33 bits per heavy atom. The molecule has 4 heteroatoms. The zero-order valence-corrected chi connectivity index (χ0v) is 13.2. The van der Waals surface area contributed by atoms with Crippen LogP contribution in [0, 0.1) is 0 Å². The minimum absolute atomic E-state index is 0.518. The maximum absolute atomic E-state index is 4.70. The van der Waals surface area contributed by atoms with Crippen LogP contribution in [0.4, 0.5) is 0 Å². The Kier molecular flexibility index (Phi) is 6.82. The molecule has 104 valence electrons. The van der Waals surface area contributed by atoms with Crippen LogP contribution in [0.15, 0.2) is 5.38 Å². The van der Waals surface area contributed by atoms with E-state index in [9.17, 15) is 0 Å². The molecule has 0 aliphatic rings. The van der Waals surface area contributed by atoms with E-state index in [1.165, 1.54) is 17.1 Å². The van der Waals surface area contributed by atoms with Gasteiger partial charge in [0.2, 0.25) is 0 Å². The third-order valence-electron chi connectivity index (χ3n) is 2.87. The van der Waals surface area contributed by atoms with Gasteiger partial charge in [0.1, 0.15) is 5.01 Å². The van der Waals surface area contributed by atoms with E-state index in [4.69, 9.17) is 4.98 Å². The summed E-state index contributed by atoms with van der Waals surface area (Å²) in [5.74, 6) is 0. The van der Waals surface area contributed by atoms with Gasteiger partial charge in [0.15, 0.2) is 0 Å². The van der Waals surface area contributed by atoms with Gasteiger partial charge in [-0.2, -0.15) is 0 Å². The molecular formula is C14H27N3S. The van der Waals surface area contributed by atoms with Crippen LogP contribution in [-0.4, -0.2) is 28.5 Å².